The van der Waals surface area contributed by atoms with Crippen LogP contribution in [-0.2, 0) is 18.9 Å². The third-order valence-corrected chi connectivity index (χ3v) is 4.97. The summed E-state index contributed by atoms with van der Waals surface area (Å²) in [5.74, 6) is 1.56. The summed E-state index contributed by atoms with van der Waals surface area (Å²) in [5.41, 5.74) is 0. The molecule has 22 heavy (non-hydrogen) atoms. The van der Waals surface area contributed by atoms with Gasteiger partial charge in [-0.05, 0) is 71.1 Å². The Labute approximate surface area is 135 Å². The number of ether oxygens (including phenoxy) is 4. The minimum Gasteiger partial charge on any atom is -0.473 e. The van der Waals surface area contributed by atoms with Crippen molar-refractivity contribution in [3.8, 4) is 0 Å². The lowest BCUT2D eigenvalue weighted by molar-refractivity contribution is -0.180. The first-order chi connectivity index (χ1) is 10.6. The highest BCUT2D eigenvalue weighted by atomic mass is 16.7. The van der Waals surface area contributed by atoms with Gasteiger partial charge in [0, 0.05) is 6.61 Å². The van der Waals surface area contributed by atoms with E-state index >= 15 is 0 Å². The minimum atomic E-state index is -0.189. The Morgan fingerprint density at radius 2 is 1.50 bits per heavy atom. The fraction of sp³-hybridized carbons (Fsp3) is 0.889. The summed E-state index contributed by atoms with van der Waals surface area (Å²) in [6, 6.07) is 0. The molecule has 128 valence electrons. The molecule has 2 fully saturated rings. The largest absolute Gasteiger partial charge is 0.473 e. The van der Waals surface area contributed by atoms with E-state index in [1.807, 2.05) is 20.8 Å². The fourth-order valence-electron chi connectivity index (χ4n) is 4.03. The number of rotatable bonds is 8. The molecule has 0 saturated heterocycles. The highest BCUT2D eigenvalue weighted by Gasteiger charge is 2.37. The molecule has 2 aliphatic carbocycles. The van der Waals surface area contributed by atoms with Gasteiger partial charge in [-0.25, -0.2) is 0 Å². The monoisotopic (exact) mass is 312 g/mol. The molecule has 0 spiro atoms. The lowest BCUT2D eigenvalue weighted by Crippen LogP contribution is -2.38. The molecule has 0 aromatic carbocycles. The zero-order valence-electron chi connectivity index (χ0n) is 14.3. The Bertz CT molecular complexity index is 333. The fourth-order valence-corrected chi connectivity index (χ4v) is 4.03. The van der Waals surface area contributed by atoms with E-state index in [4.69, 9.17) is 18.9 Å². The molecule has 6 unspecified atom stereocenters. The molecule has 0 aromatic heterocycles. The first kappa shape index (κ1) is 17.8. The first-order valence-electron chi connectivity index (χ1n) is 8.81. The van der Waals surface area contributed by atoms with Gasteiger partial charge in [0.2, 0.25) is 0 Å². The van der Waals surface area contributed by atoms with Gasteiger partial charge in [-0.15, -0.1) is 0 Å². The van der Waals surface area contributed by atoms with Gasteiger partial charge in [0.1, 0.15) is 0 Å². The molecule has 0 N–H and O–H groups in total. The SMILES string of the molecule is C=COC(C)OC1CCC2CC(OC(C)OCC)CCC2C1. The summed E-state index contributed by atoms with van der Waals surface area (Å²) in [5, 5.41) is 0. The Balaban J connectivity index is 1.74. The van der Waals surface area contributed by atoms with Crippen LogP contribution in [0.25, 0.3) is 0 Å². The van der Waals surface area contributed by atoms with Crippen LogP contribution in [0.15, 0.2) is 12.8 Å². The van der Waals surface area contributed by atoms with Crippen molar-refractivity contribution in [3.05, 3.63) is 12.8 Å². The standard InChI is InChI=1S/C18H32O4/c1-5-19-13(3)21-17-9-7-16-12-18(10-8-15(16)11-17)22-14(4)20-6-2/h5,13-18H,1,6-12H2,2-4H3. The lowest BCUT2D eigenvalue weighted by atomic mass is 9.69. The highest BCUT2D eigenvalue weighted by Crippen LogP contribution is 2.42. The summed E-state index contributed by atoms with van der Waals surface area (Å²) >= 11 is 0. The van der Waals surface area contributed by atoms with Crippen LogP contribution < -0.4 is 0 Å². The van der Waals surface area contributed by atoms with E-state index < -0.39 is 0 Å². The number of hydrogen-bond donors (Lipinski definition) is 0. The number of hydrogen-bond acceptors (Lipinski definition) is 4. The second-order valence-electron chi connectivity index (χ2n) is 6.56. The van der Waals surface area contributed by atoms with E-state index in [0.29, 0.717) is 18.8 Å². The van der Waals surface area contributed by atoms with Crippen molar-refractivity contribution in [3.63, 3.8) is 0 Å². The molecule has 0 heterocycles. The predicted molar refractivity (Wildman–Crippen MR) is 86.3 cm³/mol. The highest BCUT2D eigenvalue weighted by molar-refractivity contribution is 4.87. The van der Waals surface area contributed by atoms with Gasteiger partial charge in [-0.3, -0.25) is 0 Å². The van der Waals surface area contributed by atoms with Crippen molar-refractivity contribution in [1.29, 1.82) is 0 Å². The van der Waals surface area contributed by atoms with Gasteiger partial charge in [-0.2, -0.15) is 0 Å². The summed E-state index contributed by atoms with van der Waals surface area (Å²) in [7, 11) is 0. The van der Waals surface area contributed by atoms with E-state index in [9.17, 15) is 0 Å². The van der Waals surface area contributed by atoms with Gasteiger partial charge in [0.05, 0.1) is 18.5 Å². The summed E-state index contributed by atoms with van der Waals surface area (Å²) in [4.78, 5) is 0. The lowest BCUT2D eigenvalue weighted by Gasteiger charge is -2.42. The Morgan fingerprint density at radius 1 is 0.955 bits per heavy atom. The maximum absolute atomic E-state index is 6.02. The van der Waals surface area contributed by atoms with Gasteiger partial charge >= 0.3 is 0 Å². The third-order valence-electron chi connectivity index (χ3n) is 4.97. The second-order valence-corrected chi connectivity index (χ2v) is 6.56. The summed E-state index contributed by atoms with van der Waals surface area (Å²) < 4.78 is 22.8. The maximum atomic E-state index is 6.02. The molecule has 4 nitrogen and oxygen atoms in total. The summed E-state index contributed by atoms with van der Waals surface area (Å²) in [6.07, 6.45) is 8.95. The molecule has 6 atom stereocenters. The van der Waals surface area contributed by atoms with Crippen LogP contribution in [0.3, 0.4) is 0 Å². The van der Waals surface area contributed by atoms with Gasteiger partial charge in [-0.1, -0.05) is 6.58 Å². The van der Waals surface area contributed by atoms with Crippen LogP contribution in [0.5, 0.6) is 0 Å². The predicted octanol–water partition coefficient (Wildman–Crippen LogP) is 4.25. The Hall–Kier alpha value is -0.580. The average molecular weight is 312 g/mol. The smallest absolute Gasteiger partial charge is 0.196 e. The van der Waals surface area contributed by atoms with Crippen molar-refractivity contribution in [2.75, 3.05) is 6.61 Å². The average Bonchev–Trinajstić information content (AvgIpc) is 2.48. The third kappa shape index (κ3) is 5.25. The van der Waals surface area contributed by atoms with E-state index in [0.717, 1.165) is 31.1 Å². The summed E-state index contributed by atoms with van der Waals surface area (Å²) in [6.45, 7) is 10.2. The van der Waals surface area contributed by atoms with E-state index in [-0.39, 0.29) is 12.6 Å². The van der Waals surface area contributed by atoms with Crippen molar-refractivity contribution in [2.24, 2.45) is 11.8 Å². The molecular weight excluding hydrogens is 280 g/mol. The van der Waals surface area contributed by atoms with Gasteiger partial charge < -0.3 is 18.9 Å². The van der Waals surface area contributed by atoms with Crippen LogP contribution >= 0.6 is 0 Å². The van der Waals surface area contributed by atoms with Crippen LogP contribution in [-0.4, -0.2) is 31.4 Å². The van der Waals surface area contributed by atoms with Gasteiger partial charge in [0.25, 0.3) is 0 Å². The molecule has 2 aliphatic rings. The molecule has 0 bridgehead atoms. The van der Waals surface area contributed by atoms with Gasteiger partial charge in [0.15, 0.2) is 12.6 Å². The zero-order valence-corrected chi connectivity index (χ0v) is 14.3. The van der Waals surface area contributed by atoms with Crippen LogP contribution in [0, 0.1) is 11.8 Å². The second kappa shape index (κ2) is 8.90. The quantitative estimate of drug-likeness (QED) is 0.496. The molecule has 0 aromatic rings. The number of fused-ring (bicyclic) bond motifs is 1. The zero-order chi connectivity index (χ0) is 15.9. The molecular formula is C18H32O4. The van der Waals surface area contributed by atoms with E-state index in [1.54, 1.807) is 0 Å². The molecule has 2 saturated carbocycles. The van der Waals surface area contributed by atoms with E-state index in [1.165, 1.54) is 25.5 Å². The maximum Gasteiger partial charge on any atom is 0.196 e. The van der Waals surface area contributed by atoms with Crippen molar-refractivity contribution < 1.29 is 18.9 Å². The topological polar surface area (TPSA) is 36.9 Å². The van der Waals surface area contributed by atoms with Crippen molar-refractivity contribution in [1.82, 2.24) is 0 Å². The van der Waals surface area contributed by atoms with Crippen LogP contribution in [0.4, 0.5) is 0 Å². The molecule has 2 rings (SSSR count). The minimum absolute atomic E-state index is 0.0804. The molecule has 0 radical (unpaired) electrons. The van der Waals surface area contributed by atoms with Crippen LogP contribution in [0.2, 0.25) is 0 Å². The Kier molecular flexibility index (Phi) is 7.19. The first-order valence-corrected chi connectivity index (χ1v) is 8.81. The van der Waals surface area contributed by atoms with Crippen LogP contribution in [0.1, 0.15) is 59.3 Å². The van der Waals surface area contributed by atoms with Crippen molar-refractivity contribution >= 4 is 0 Å². The molecule has 4 heteroatoms. The molecule has 0 aliphatic heterocycles. The molecule has 0 amide bonds. The Morgan fingerprint density at radius 3 is 2.00 bits per heavy atom. The van der Waals surface area contributed by atoms with E-state index in [2.05, 4.69) is 6.58 Å². The van der Waals surface area contributed by atoms with Crippen molar-refractivity contribution in [2.45, 2.75) is 84.1 Å². The normalized spacial score (nSPS) is 34.5.